The Hall–Kier alpha value is -3.51. The third kappa shape index (κ3) is 4.58. The van der Waals surface area contributed by atoms with Gasteiger partial charge in [-0.25, -0.2) is 9.37 Å². The van der Waals surface area contributed by atoms with Crippen molar-refractivity contribution in [3.63, 3.8) is 0 Å². The van der Waals surface area contributed by atoms with E-state index in [0.29, 0.717) is 6.54 Å². The second-order valence-corrected chi connectivity index (χ2v) is 9.58. The third-order valence-corrected chi connectivity index (χ3v) is 7.26. The molecule has 1 aliphatic rings. The summed E-state index contributed by atoms with van der Waals surface area (Å²) >= 11 is 0. The summed E-state index contributed by atoms with van der Waals surface area (Å²) in [5, 5.41) is 2.60. The fraction of sp³-hybridized carbons (Fsp3) is 0.310. The third-order valence-electron chi connectivity index (χ3n) is 7.26. The van der Waals surface area contributed by atoms with E-state index in [1.807, 2.05) is 12.3 Å². The predicted octanol–water partition coefficient (Wildman–Crippen LogP) is 6.48. The molecule has 2 N–H and O–H groups in total. The van der Waals surface area contributed by atoms with E-state index >= 15 is 0 Å². The van der Waals surface area contributed by atoms with E-state index in [1.165, 1.54) is 46.3 Å². The van der Waals surface area contributed by atoms with Gasteiger partial charge in [0.2, 0.25) is 0 Å². The number of imidazole rings is 1. The topological polar surface area (TPSA) is 60.6 Å². The summed E-state index contributed by atoms with van der Waals surface area (Å²) in [7, 11) is 0. The number of aromatic amines is 2. The zero-order valence-electron chi connectivity index (χ0n) is 19.8. The number of hydrogen-bond donors (Lipinski definition) is 2. The van der Waals surface area contributed by atoms with E-state index < -0.39 is 0 Å². The Bertz CT molecular complexity index is 1450. The summed E-state index contributed by atoms with van der Waals surface area (Å²) in [6, 6.07) is 17.8. The SMILES string of the molecule is Fc1ccc2nc(CN(CCCCc3[nH]cc4ccccc34)C3CCCc4cccnc43)[nH]c2c1. The van der Waals surface area contributed by atoms with Crippen LogP contribution in [0.4, 0.5) is 4.39 Å². The van der Waals surface area contributed by atoms with Gasteiger partial charge in [0.15, 0.2) is 0 Å². The molecule has 2 aromatic carbocycles. The zero-order valence-corrected chi connectivity index (χ0v) is 19.8. The number of pyridine rings is 1. The van der Waals surface area contributed by atoms with E-state index in [0.717, 1.165) is 55.5 Å². The number of hydrogen-bond acceptors (Lipinski definition) is 3. The van der Waals surface area contributed by atoms with E-state index in [-0.39, 0.29) is 11.9 Å². The van der Waals surface area contributed by atoms with Crippen LogP contribution in [-0.2, 0) is 19.4 Å². The molecule has 0 saturated heterocycles. The summed E-state index contributed by atoms with van der Waals surface area (Å²) < 4.78 is 13.7. The zero-order chi connectivity index (χ0) is 23.6. The van der Waals surface area contributed by atoms with Crippen LogP contribution < -0.4 is 0 Å². The van der Waals surface area contributed by atoms with Crippen LogP contribution >= 0.6 is 0 Å². The van der Waals surface area contributed by atoms with Crippen LogP contribution in [0.2, 0.25) is 0 Å². The number of H-pyrrole nitrogens is 2. The summed E-state index contributed by atoms with van der Waals surface area (Å²) in [5.41, 5.74) is 5.44. The van der Waals surface area contributed by atoms with Crippen LogP contribution in [0, 0.1) is 5.82 Å². The van der Waals surface area contributed by atoms with Crippen molar-refractivity contribution >= 4 is 21.8 Å². The average molecular weight is 468 g/mol. The number of nitrogens with zero attached hydrogens (tertiary/aromatic N) is 3. The largest absolute Gasteiger partial charge is 0.364 e. The number of rotatable bonds is 8. The average Bonchev–Trinajstić information content (AvgIpc) is 3.48. The molecule has 3 heterocycles. The number of unbranched alkanes of at least 4 members (excludes halogenated alkanes) is 1. The first-order valence-corrected chi connectivity index (χ1v) is 12.6. The first kappa shape index (κ1) is 22.0. The van der Waals surface area contributed by atoms with Gasteiger partial charge < -0.3 is 9.97 Å². The first-order valence-electron chi connectivity index (χ1n) is 12.6. The summed E-state index contributed by atoms with van der Waals surface area (Å²) in [5.74, 6) is 0.635. The van der Waals surface area contributed by atoms with Crippen LogP contribution in [0.15, 0.2) is 67.0 Å². The molecule has 0 fully saturated rings. The highest BCUT2D eigenvalue weighted by molar-refractivity contribution is 5.85. The normalized spacial score (nSPS) is 15.8. The van der Waals surface area contributed by atoms with E-state index in [2.05, 4.69) is 51.4 Å². The highest BCUT2D eigenvalue weighted by Gasteiger charge is 2.27. The number of aryl methyl sites for hydroxylation is 2. The van der Waals surface area contributed by atoms with Gasteiger partial charge in [0.25, 0.3) is 0 Å². The molecular formula is C29H30FN5. The molecule has 0 amide bonds. The molecule has 3 aromatic heterocycles. The molecule has 1 unspecified atom stereocenters. The van der Waals surface area contributed by atoms with Crippen LogP contribution in [0.25, 0.3) is 21.8 Å². The van der Waals surface area contributed by atoms with Gasteiger partial charge in [-0.1, -0.05) is 30.3 Å². The number of aromatic nitrogens is 4. The molecule has 6 rings (SSSR count). The molecule has 1 aliphatic carbocycles. The van der Waals surface area contributed by atoms with Gasteiger partial charge >= 0.3 is 0 Å². The fourth-order valence-corrected chi connectivity index (χ4v) is 5.55. The molecular weight excluding hydrogens is 437 g/mol. The Kier molecular flexibility index (Phi) is 6.05. The Morgan fingerprint density at radius 3 is 2.97 bits per heavy atom. The molecule has 0 saturated carbocycles. The Morgan fingerprint density at radius 1 is 1.06 bits per heavy atom. The van der Waals surface area contributed by atoms with E-state index in [9.17, 15) is 4.39 Å². The van der Waals surface area contributed by atoms with Crippen molar-refractivity contribution in [1.82, 2.24) is 24.8 Å². The molecule has 0 radical (unpaired) electrons. The Balaban J connectivity index is 1.20. The maximum atomic E-state index is 13.7. The standard InChI is InChI=1S/C29H30FN5/c30-22-13-14-25-26(17-22)34-28(33-25)19-35(27-12-5-8-20-9-6-15-31-29(20)27)16-4-3-11-24-23-10-2-1-7-21(23)18-32-24/h1-2,6-7,9-10,13-15,17-18,27,32H,3-5,8,11-12,16,19H2,(H,33,34). The Labute approximate surface area is 204 Å². The van der Waals surface area contributed by atoms with Crippen LogP contribution in [0.5, 0.6) is 0 Å². The lowest BCUT2D eigenvalue weighted by molar-refractivity contribution is 0.159. The van der Waals surface area contributed by atoms with Gasteiger partial charge in [-0.3, -0.25) is 9.88 Å². The van der Waals surface area contributed by atoms with Crippen molar-refractivity contribution in [2.75, 3.05) is 6.54 Å². The van der Waals surface area contributed by atoms with Gasteiger partial charge in [0.05, 0.1) is 29.3 Å². The van der Waals surface area contributed by atoms with E-state index in [1.54, 1.807) is 6.07 Å². The molecule has 5 aromatic rings. The van der Waals surface area contributed by atoms with Gasteiger partial charge in [0, 0.05) is 23.5 Å². The number of halogens is 1. The van der Waals surface area contributed by atoms with E-state index in [4.69, 9.17) is 9.97 Å². The minimum Gasteiger partial charge on any atom is -0.364 e. The van der Waals surface area contributed by atoms with Crippen molar-refractivity contribution in [2.24, 2.45) is 0 Å². The molecule has 6 heteroatoms. The highest BCUT2D eigenvalue weighted by atomic mass is 19.1. The predicted molar refractivity (Wildman–Crippen MR) is 138 cm³/mol. The summed E-state index contributed by atoms with van der Waals surface area (Å²) in [6.07, 6.45) is 10.6. The lowest BCUT2D eigenvalue weighted by atomic mass is 9.90. The summed E-state index contributed by atoms with van der Waals surface area (Å²) in [6.45, 7) is 1.66. The molecule has 35 heavy (non-hydrogen) atoms. The molecule has 0 bridgehead atoms. The smallest absolute Gasteiger partial charge is 0.125 e. The first-order chi connectivity index (χ1) is 17.2. The van der Waals surface area contributed by atoms with Gasteiger partial charge in [-0.2, -0.15) is 0 Å². The molecule has 178 valence electrons. The maximum absolute atomic E-state index is 13.7. The maximum Gasteiger partial charge on any atom is 0.125 e. The lowest BCUT2D eigenvalue weighted by Gasteiger charge is -2.34. The summed E-state index contributed by atoms with van der Waals surface area (Å²) in [4.78, 5) is 18.9. The van der Waals surface area contributed by atoms with Crippen molar-refractivity contribution in [1.29, 1.82) is 0 Å². The van der Waals surface area contributed by atoms with Crippen molar-refractivity contribution < 1.29 is 4.39 Å². The number of nitrogens with one attached hydrogen (secondary N) is 2. The highest BCUT2D eigenvalue weighted by Crippen LogP contribution is 2.34. The van der Waals surface area contributed by atoms with Gasteiger partial charge in [-0.05, 0) is 80.3 Å². The quantitative estimate of drug-likeness (QED) is 0.257. The van der Waals surface area contributed by atoms with Gasteiger partial charge in [-0.15, -0.1) is 0 Å². The van der Waals surface area contributed by atoms with Crippen molar-refractivity contribution in [3.8, 4) is 0 Å². The van der Waals surface area contributed by atoms with Crippen LogP contribution in [0.1, 0.15) is 54.5 Å². The van der Waals surface area contributed by atoms with Crippen molar-refractivity contribution in [2.45, 2.75) is 51.1 Å². The monoisotopic (exact) mass is 467 g/mol. The fourth-order valence-electron chi connectivity index (χ4n) is 5.55. The molecule has 0 spiro atoms. The molecule has 1 atom stereocenters. The van der Waals surface area contributed by atoms with Crippen LogP contribution in [0.3, 0.4) is 0 Å². The van der Waals surface area contributed by atoms with Gasteiger partial charge in [0.1, 0.15) is 11.6 Å². The second kappa shape index (κ2) is 9.62. The van der Waals surface area contributed by atoms with Crippen LogP contribution in [-0.4, -0.2) is 31.4 Å². The Morgan fingerprint density at radius 2 is 2.00 bits per heavy atom. The second-order valence-electron chi connectivity index (χ2n) is 9.58. The molecule has 0 aliphatic heterocycles. The number of benzene rings is 2. The van der Waals surface area contributed by atoms with Crippen molar-refractivity contribution in [3.05, 3.63) is 95.6 Å². The number of fused-ring (bicyclic) bond motifs is 3. The minimum atomic E-state index is -0.244. The minimum absolute atomic E-state index is 0.244. The lowest BCUT2D eigenvalue weighted by Crippen LogP contribution is -2.33. The molecule has 5 nitrogen and oxygen atoms in total.